The summed E-state index contributed by atoms with van der Waals surface area (Å²) in [4.78, 5) is 33.5. The van der Waals surface area contributed by atoms with Crippen molar-refractivity contribution in [3.05, 3.63) is 40.9 Å². The fourth-order valence-corrected chi connectivity index (χ4v) is 4.21. The van der Waals surface area contributed by atoms with Crippen molar-refractivity contribution in [2.24, 2.45) is 0 Å². The Morgan fingerprint density at radius 3 is 2.37 bits per heavy atom. The minimum absolute atomic E-state index is 0.0278. The quantitative estimate of drug-likeness (QED) is 0.732. The van der Waals surface area contributed by atoms with Gasteiger partial charge in [-0.15, -0.1) is 11.3 Å². The van der Waals surface area contributed by atoms with Crippen LogP contribution in [0.15, 0.2) is 29.6 Å². The van der Waals surface area contributed by atoms with E-state index in [1.54, 1.807) is 0 Å². The van der Waals surface area contributed by atoms with Crippen LogP contribution in [-0.4, -0.2) is 65.4 Å². The zero-order chi connectivity index (χ0) is 21.7. The number of nitrogens with zero attached hydrogens (tertiary/aromatic N) is 3. The lowest BCUT2D eigenvalue weighted by Gasteiger charge is -2.34. The first-order valence-electron chi connectivity index (χ1n) is 10.7. The minimum Gasteiger partial charge on any atom is -0.353 e. The van der Waals surface area contributed by atoms with E-state index in [1.165, 1.54) is 16.9 Å². The normalized spacial score (nSPS) is 16.0. The molecule has 1 N–H and O–H groups in total. The highest BCUT2D eigenvalue weighted by Crippen LogP contribution is 2.26. The first-order valence-corrected chi connectivity index (χ1v) is 11.6. The second-order valence-electron chi connectivity index (χ2n) is 8.26. The van der Waals surface area contributed by atoms with Crippen molar-refractivity contribution in [1.29, 1.82) is 0 Å². The highest BCUT2D eigenvalue weighted by atomic mass is 32.1. The van der Waals surface area contributed by atoms with Crippen LogP contribution in [0.5, 0.6) is 0 Å². The zero-order valence-corrected chi connectivity index (χ0v) is 19.2. The van der Waals surface area contributed by atoms with E-state index in [0.29, 0.717) is 44.3 Å². The van der Waals surface area contributed by atoms with Gasteiger partial charge in [0.2, 0.25) is 5.91 Å². The Hall–Kier alpha value is -2.25. The van der Waals surface area contributed by atoms with Gasteiger partial charge in [-0.25, -0.2) is 4.98 Å². The van der Waals surface area contributed by atoms with Crippen molar-refractivity contribution in [3.8, 4) is 10.6 Å². The number of carbonyl (C=O) groups excluding carboxylic acids is 2. The maximum atomic E-state index is 12.9. The van der Waals surface area contributed by atoms with E-state index in [4.69, 9.17) is 0 Å². The van der Waals surface area contributed by atoms with Crippen LogP contribution in [-0.2, 0) is 4.79 Å². The summed E-state index contributed by atoms with van der Waals surface area (Å²) in [5, 5.41) is 5.71. The maximum absolute atomic E-state index is 12.9. The molecule has 2 aromatic rings. The van der Waals surface area contributed by atoms with Gasteiger partial charge in [0, 0.05) is 43.2 Å². The topological polar surface area (TPSA) is 65.5 Å². The van der Waals surface area contributed by atoms with Crippen LogP contribution in [0.25, 0.3) is 10.6 Å². The van der Waals surface area contributed by atoms with Crippen LogP contribution in [0, 0.1) is 0 Å². The van der Waals surface area contributed by atoms with Crippen LogP contribution in [0.2, 0.25) is 0 Å². The molecular weight excluding hydrogens is 396 g/mol. The highest BCUT2D eigenvalue weighted by Gasteiger charge is 2.25. The minimum atomic E-state index is -0.0278. The molecule has 1 unspecified atom stereocenters. The van der Waals surface area contributed by atoms with Crippen molar-refractivity contribution in [2.75, 3.05) is 32.7 Å². The molecule has 2 heterocycles. The lowest BCUT2D eigenvalue weighted by molar-refractivity contribution is -0.123. The summed E-state index contributed by atoms with van der Waals surface area (Å²) in [7, 11) is 0. The molecule has 0 saturated carbocycles. The summed E-state index contributed by atoms with van der Waals surface area (Å²) in [5.41, 5.74) is 2.84. The maximum Gasteiger partial charge on any atom is 0.273 e. The van der Waals surface area contributed by atoms with Crippen LogP contribution in [0.4, 0.5) is 0 Å². The standard InChI is InChI=1S/C23H32N4O2S/c1-5-17(4)24-21(28)14-26-10-12-27(13-11-26)23(29)20-15-30-22(25-20)19-8-6-18(7-9-19)16(2)3/h6-9,15-17H,5,10-14H2,1-4H3,(H,24,28). The van der Waals surface area contributed by atoms with E-state index >= 15 is 0 Å². The summed E-state index contributed by atoms with van der Waals surface area (Å²) in [6.45, 7) is 11.4. The van der Waals surface area contributed by atoms with Gasteiger partial charge in [0.25, 0.3) is 5.91 Å². The molecule has 3 rings (SSSR count). The average Bonchev–Trinajstić information content (AvgIpc) is 3.24. The van der Waals surface area contributed by atoms with Gasteiger partial charge in [-0.05, 0) is 24.8 Å². The predicted molar refractivity (Wildman–Crippen MR) is 122 cm³/mol. The van der Waals surface area contributed by atoms with Crippen molar-refractivity contribution in [2.45, 2.75) is 46.1 Å². The van der Waals surface area contributed by atoms with Crippen molar-refractivity contribution in [3.63, 3.8) is 0 Å². The molecule has 7 heteroatoms. The van der Waals surface area contributed by atoms with Gasteiger partial charge in [0.05, 0.1) is 6.54 Å². The summed E-state index contributed by atoms with van der Waals surface area (Å²) in [6, 6.07) is 8.59. The van der Waals surface area contributed by atoms with Crippen LogP contribution in [0.3, 0.4) is 0 Å². The Labute approximate surface area is 183 Å². The fourth-order valence-electron chi connectivity index (χ4n) is 3.41. The molecule has 1 aliphatic heterocycles. The number of nitrogens with one attached hydrogen (secondary N) is 1. The van der Waals surface area contributed by atoms with Crippen LogP contribution >= 0.6 is 11.3 Å². The van der Waals surface area contributed by atoms with Gasteiger partial charge in [0.15, 0.2) is 0 Å². The molecule has 0 radical (unpaired) electrons. The Morgan fingerprint density at radius 1 is 1.10 bits per heavy atom. The van der Waals surface area contributed by atoms with Crippen LogP contribution in [0.1, 0.15) is 56.1 Å². The number of thiazole rings is 1. The Balaban J connectivity index is 1.54. The number of hydrogen-bond donors (Lipinski definition) is 1. The third-order valence-electron chi connectivity index (χ3n) is 5.59. The van der Waals surface area contributed by atoms with E-state index < -0.39 is 0 Å². The molecular formula is C23H32N4O2S. The second-order valence-corrected chi connectivity index (χ2v) is 9.12. The van der Waals surface area contributed by atoms with Gasteiger partial charge in [-0.2, -0.15) is 0 Å². The fraction of sp³-hybridized carbons (Fsp3) is 0.522. The van der Waals surface area contributed by atoms with Gasteiger partial charge in [-0.1, -0.05) is 45.0 Å². The van der Waals surface area contributed by atoms with Crippen LogP contribution < -0.4 is 5.32 Å². The van der Waals surface area contributed by atoms with Crippen molar-refractivity contribution in [1.82, 2.24) is 20.1 Å². The smallest absolute Gasteiger partial charge is 0.273 e. The molecule has 1 fully saturated rings. The zero-order valence-electron chi connectivity index (χ0n) is 18.4. The molecule has 1 aromatic carbocycles. The van der Waals surface area contributed by atoms with E-state index in [1.807, 2.05) is 17.2 Å². The molecule has 0 bridgehead atoms. The second kappa shape index (κ2) is 10.2. The number of amides is 2. The van der Waals surface area contributed by atoms with Gasteiger partial charge >= 0.3 is 0 Å². The molecule has 1 atom stereocenters. The van der Waals surface area contributed by atoms with E-state index in [-0.39, 0.29) is 17.9 Å². The lowest BCUT2D eigenvalue weighted by atomic mass is 10.0. The van der Waals surface area contributed by atoms with Crippen molar-refractivity contribution >= 4 is 23.2 Å². The lowest BCUT2D eigenvalue weighted by Crippen LogP contribution is -2.51. The number of carbonyl (C=O) groups is 2. The number of aromatic nitrogens is 1. The summed E-state index contributed by atoms with van der Waals surface area (Å²) in [6.07, 6.45) is 0.922. The molecule has 30 heavy (non-hydrogen) atoms. The molecule has 162 valence electrons. The molecule has 0 aliphatic carbocycles. The average molecular weight is 429 g/mol. The Morgan fingerprint density at radius 2 is 1.77 bits per heavy atom. The largest absolute Gasteiger partial charge is 0.353 e. The van der Waals surface area contributed by atoms with E-state index in [2.05, 4.69) is 60.2 Å². The molecule has 1 aromatic heterocycles. The number of benzene rings is 1. The first-order chi connectivity index (χ1) is 14.4. The van der Waals surface area contributed by atoms with Gasteiger partial charge < -0.3 is 10.2 Å². The SMILES string of the molecule is CCC(C)NC(=O)CN1CCN(C(=O)c2csc(-c3ccc(C(C)C)cc3)n2)CC1. The van der Waals surface area contributed by atoms with E-state index in [9.17, 15) is 9.59 Å². The van der Waals surface area contributed by atoms with Gasteiger partial charge in [-0.3, -0.25) is 14.5 Å². The highest BCUT2D eigenvalue weighted by molar-refractivity contribution is 7.13. The first kappa shape index (κ1) is 22.4. The predicted octanol–water partition coefficient (Wildman–Crippen LogP) is 3.61. The van der Waals surface area contributed by atoms with Gasteiger partial charge in [0.1, 0.15) is 10.7 Å². The van der Waals surface area contributed by atoms with Crippen molar-refractivity contribution < 1.29 is 9.59 Å². The summed E-state index contributed by atoms with van der Waals surface area (Å²) >= 11 is 1.50. The van der Waals surface area contributed by atoms with E-state index in [0.717, 1.165) is 17.0 Å². The molecule has 2 amide bonds. The Kier molecular flexibility index (Phi) is 7.61. The summed E-state index contributed by atoms with van der Waals surface area (Å²) < 4.78 is 0. The number of rotatable bonds is 7. The monoisotopic (exact) mass is 428 g/mol. The number of piperazine rings is 1. The summed E-state index contributed by atoms with van der Waals surface area (Å²) in [5.74, 6) is 0.518. The third-order valence-corrected chi connectivity index (χ3v) is 6.49. The third kappa shape index (κ3) is 5.67. The Bertz CT molecular complexity index is 854. The molecule has 1 aliphatic rings. The number of hydrogen-bond acceptors (Lipinski definition) is 5. The molecule has 1 saturated heterocycles. The molecule has 6 nitrogen and oxygen atoms in total. The molecule has 0 spiro atoms.